The summed E-state index contributed by atoms with van der Waals surface area (Å²) in [4.78, 5) is 38.6. The molecule has 1 saturated heterocycles. The van der Waals surface area contributed by atoms with Gasteiger partial charge in [0.15, 0.2) is 0 Å². The Balaban J connectivity index is 1.88. The van der Waals surface area contributed by atoms with Gasteiger partial charge in [0.1, 0.15) is 6.10 Å². The molecule has 0 bridgehead atoms. The molecule has 2 N–H and O–H groups in total. The van der Waals surface area contributed by atoms with Crippen molar-refractivity contribution in [3.05, 3.63) is 23.8 Å². The Morgan fingerprint density at radius 3 is 2.87 bits per heavy atom. The predicted molar refractivity (Wildman–Crippen MR) is 84.1 cm³/mol. The molecule has 0 saturated carbocycles. The van der Waals surface area contributed by atoms with Gasteiger partial charge in [-0.1, -0.05) is 6.07 Å². The second kappa shape index (κ2) is 6.00. The SMILES string of the molecule is CN1C(=O)CCc2ccc(N3CCO[C@H](CC(N)=O)C3=O)cc21. The number of nitrogens with zero attached hydrogens (tertiary/aromatic N) is 2. The zero-order chi connectivity index (χ0) is 16.6. The molecule has 23 heavy (non-hydrogen) atoms. The Morgan fingerprint density at radius 2 is 2.13 bits per heavy atom. The number of benzene rings is 1. The van der Waals surface area contributed by atoms with E-state index in [1.807, 2.05) is 18.2 Å². The zero-order valence-electron chi connectivity index (χ0n) is 12.9. The molecular formula is C16H19N3O4. The lowest BCUT2D eigenvalue weighted by Crippen LogP contribution is -2.49. The van der Waals surface area contributed by atoms with E-state index in [1.54, 1.807) is 16.8 Å². The van der Waals surface area contributed by atoms with Gasteiger partial charge in [-0.3, -0.25) is 14.4 Å². The first-order valence-corrected chi connectivity index (χ1v) is 7.58. The fourth-order valence-corrected chi connectivity index (χ4v) is 3.01. The number of nitrogens with two attached hydrogens (primary N) is 1. The number of anilines is 2. The number of fused-ring (bicyclic) bond motifs is 1. The minimum atomic E-state index is -0.836. The zero-order valence-corrected chi connectivity index (χ0v) is 12.9. The molecule has 0 spiro atoms. The molecule has 3 amide bonds. The lowest BCUT2D eigenvalue weighted by Gasteiger charge is -2.33. The molecule has 7 nitrogen and oxygen atoms in total. The quantitative estimate of drug-likeness (QED) is 0.862. The van der Waals surface area contributed by atoms with Crippen molar-refractivity contribution >= 4 is 29.1 Å². The summed E-state index contributed by atoms with van der Waals surface area (Å²) >= 11 is 0. The van der Waals surface area contributed by atoms with Crippen molar-refractivity contribution < 1.29 is 19.1 Å². The van der Waals surface area contributed by atoms with Crippen LogP contribution in [0.3, 0.4) is 0 Å². The molecular weight excluding hydrogens is 298 g/mol. The van der Waals surface area contributed by atoms with E-state index in [0.717, 1.165) is 11.3 Å². The van der Waals surface area contributed by atoms with Gasteiger partial charge in [0.05, 0.1) is 13.0 Å². The third kappa shape index (κ3) is 2.92. The fraction of sp³-hybridized carbons (Fsp3) is 0.438. The molecule has 2 heterocycles. The highest BCUT2D eigenvalue weighted by Crippen LogP contribution is 2.32. The summed E-state index contributed by atoms with van der Waals surface area (Å²) in [6.07, 6.45) is 0.246. The number of hydrogen-bond donors (Lipinski definition) is 1. The van der Waals surface area contributed by atoms with Crippen LogP contribution in [0.1, 0.15) is 18.4 Å². The van der Waals surface area contributed by atoms with Gasteiger partial charge in [0.2, 0.25) is 11.8 Å². The number of carbonyl (C=O) groups is 3. The third-order valence-corrected chi connectivity index (χ3v) is 4.29. The van der Waals surface area contributed by atoms with Crippen LogP contribution in [0.5, 0.6) is 0 Å². The van der Waals surface area contributed by atoms with Crippen LogP contribution in [0, 0.1) is 0 Å². The fourth-order valence-electron chi connectivity index (χ4n) is 3.01. The van der Waals surface area contributed by atoms with Gasteiger partial charge in [-0.05, 0) is 24.1 Å². The molecule has 2 aliphatic heterocycles. The van der Waals surface area contributed by atoms with Crippen molar-refractivity contribution in [3.8, 4) is 0 Å². The number of aryl methyl sites for hydroxylation is 1. The maximum Gasteiger partial charge on any atom is 0.256 e. The predicted octanol–water partition coefficient (Wildman–Crippen LogP) is 0.203. The number of rotatable bonds is 3. The van der Waals surface area contributed by atoms with Gasteiger partial charge in [-0.25, -0.2) is 0 Å². The smallest absolute Gasteiger partial charge is 0.256 e. The van der Waals surface area contributed by atoms with Crippen LogP contribution in [0.15, 0.2) is 18.2 Å². The van der Waals surface area contributed by atoms with Crippen LogP contribution in [0.4, 0.5) is 11.4 Å². The van der Waals surface area contributed by atoms with E-state index in [1.165, 1.54) is 0 Å². The topological polar surface area (TPSA) is 92.9 Å². The first-order chi connectivity index (χ1) is 11.0. The molecule has 0 aliphatic carbocycles. The molecule has 1 aromatic rings. The lowest BCUT2D eigenvalue weighted by atomic mass is 10.0. The molecule has 0 unspecified atom stereocenters. The summed E-state index contributed by atoms with van der Waals surface area (Å²) in [5.41, 5.74) is 7.77. The van der Waals surface area contributed by atoms with Crippen molar-refractivity contribution in [2.75, 3.05) is 30.0 Å². The van der Waals surface area contributed by atoms with Crippen molar-refractivity contribution in [3.63, 3.8) is 0 Å². The minimum Gasteiger partial charge on any atom is -0.370 e. The van der Waals surface area contributed by atoms with Crippen LogP contribution in [-0.4, -0.2) is 44.0 Å². The minimum absolute atomic E-state index is 0.0644. The molecule has 1 aromatic carbocycles. The van der Waals surface area contributed by atoms with E-state index >= 15 is 0 Å². The van der Waals surface area contributed by atoms with E-state index in [0.29, 0.717) is 31.7 Å². The number of morpholine rings is 1. The summed E-state index contributed by atoms with van der Waals surface area (Å²) in [6, 6.07) is 5.66. The third-order valence-electron chi connectivity index (χ3n) is 4.29. The average molecular weight is 317 g/mol. The van der Waals surface area contributed by atoms with Gasteiger partial charge in [-0.2, -0.15) is 0 Å². The molecule has 0 aromatic heterocycles. The number of hydrogen-bond acceptors (Lipinski definition) is 4. The maximum absolute atomic E-state index is 12.5. The van der Waals surface area contributed by atoms with Crippen LogP contribution < -0.4 is 15.5 Å². The Hall–Kier alpha value is -2.41. The second-order valence-electron chi connectivity index (χ2n) is 5.79. The van der Waals surface area contributed by atoms with Crippen LogP contribution in [0.25, 0.3) is 0 Å². The maximum atomic E-state index is 12.5. The van der Waals surface area contributed by atoms with Gasteiger partial charge in [-0.15, -0.1) is 0 Å². The molecule has 1 atom stereocenters. The van der Waals surface area contributed by atoms with Crippen molar-refractivity contribution in [2.24, 2.45) is 5.73 Å². The molecule has 0 radical (unpaired) electrons. The van der Waals surface area contributed by atoms with Crippen LogP contribution in [0.2, 0.25) is 0 Å². The number of primary amides is 1. The molecule has 2 aliphatic rings. The van der Waals surface area contributed by atoms with Crippen LogP contribution in [-0.2, 0) is 25.5 Å². The van der Waals surface area contributed by atoms with E-state index in [2.05, 4.69) is 0 Å². The summed E-state index contributed by atoms with van der Waals surface area (Å²) in [5, 5.41) is 0. The Kier molecular flexibility index (Phi) is 4.04. The highest BCUT2D eigenvalue weighted by Gasteiger charge is 2.32. The van der Waals surface area contributed by atoms with Gasteiger partial charge >= 0.3 is 0 Å². The van der Waals surface area contributed by atoms with Crippen molar-refractivity contribution in [2.45, 2.75) is 25.4 Å². The van der Waals surface area contributed by atoms with E-state index in [-0.39, 0.29) is 18.2 Å². The highest BCUT2D eigenvalue weighted by molar-refractivity contribution is 6.01. The first-order valence-electron chi connectivity index (χ1n) is 7.58. The summed E-state index contributed by atoms with van der Waals surface area (Å²) < 4.78 is 5.35. The van der Waals surface area contributed by atoms with Crippen molar-refractivity contribution in [1.29, 1.82) is 0 Å². The molecule has 3 rings (SSSR count). The van der Waals surface area contributed by atoms with Gasteiger partial charge in [0, 0.05) is 31.4 Å². The van der Waals surface area contributed by atoms with E-state index in [9.17, 15) is 14.4 Å². The molecule has 1 fully saturated rings. The first kappa shape index (κ1) is 15.5. The lowest BCUT2D eigenvalue weighted by molar-refractivity contribution is -0.138. The van der Waals surface area contributed by atoms with E-state index in [4.69, 9.17) is 10.5 Å². The normalized spacial score (nSPS) is 21.3. The highest BCUT2D eigenvalue weighted by atomic mass is 16.5. The average Bonchev–Trinajstić information content (AvgIpc) is 2.52. The largest absolute Gasteiger partial charge is 0.370 e. The van der Waals surface area contributed by atoms with Gasteiger partial charge < -0.3 is 20.3 Å². The Bertz CT molecular complexity index is 673. The molecule has 7 heteroatoms. The second-order valence-corrected chi connectivity index (χ2v) is 5.79. The van der Waals surface area contributed by atoms with E-state index < -0.39 is 12.0 Å². The Morgan fingerprint density at radius 1 is 1.35 bits per heavy atom. The van der Waals surface area contributed by atoms with Crippen LogP contribution >= 0.6 is 0 Å². The monoisotopic (exact) mass is 317 g/mol. The Labute approximate surface area is 134 Å². The van der Waals surface area contributed by atoms with Gasteiger partial charge in [0.25, 0.3) is 5.91 Å². The number of amides is 3. The summed E-state index contributed by atoms with van der Waals surface area (Å²) in [7, 11) is 1.74. The number of carbonyl (C=O) groups excluding carboxylic acids is 3. The standard InChI is InChI=1S/C16H19N3O4/c1-18-12-8-11(4-2-10(12)3-5-15(18)21)19-6-7-23-13(16(19)22)9-14(17)20/h2,4,8,13H,3,5-7,9H2,1H3,(H2,17,20)/t13-/m1/s1. The summed E-state index contributed by atoms with van der Waals surface area (Å²) in [5.74, 6) is -0.782. The molecule has 122 valence electrons. The number of ether oxygens (including phenoxy) is 1. The summed E-state index contributed by atoms with van der Waals surface area (Å²) in [6.45, 7) is 0.750. The van der Waals surface area contributed by atoms with Crippen molar-refractivity contribution in [1.82, 2.24) is 0 Å².